The van der Waals surface area contributed by atoms with E-state index in [4.69, 9.17) is 4.74 Å². The number of carbonyl (C=O) groups is 1. The molecule has 7 rings (SSSR count). The van der Waals surface area contributed by atoms with Gasteiger partial charge in [-0.3, -0.25) is 4.90 Å². The van der Waals surface area contributed by atoms with Crippen LogP contribution >= 0.6 is 0 Å². The Kier molecular flexibility index (Phi) is 5.06. The highest BCUT2D eigenvalue weighted by Gasteiger charge is 2.55. The van der Waals surface area contributed by atoms with Gasteiger partial charge in [-0.1, -0.05) is 66.1 Å². The Labute approximate surface area is 220 Å². The van der Waals surface area contributed by atoms with Crippen molar-refractivity contribution in [2.45, 2.75) is 37.8 Å². The molecule has 1 aliphatic heterocycles. The van der Waals surface area contributed by atoms with Gasteiger partial charge in [0.25, 0.3) is 5.92 Å². The van der Waals surface area contributed by atoms with Gasteiger partial charge >= 0.3 is 6.09 Å². The van der Waals surface area contributed by atoms with Crippen molar-refractivity contribution in [1.82, 2.24) is 14.9 Å². The molecule has 38 heavy (non-hydrogen) atoms. The van der Waals surface area contributed by atoms with Gasteiger partial charge in [0.15, 0.2) is 0 Å². The van der Waals surface area contributed by atoms with Crippen LogP contribution in [0.25, 0.3) is 22.4 Å². The molecule has 1 aromatic heterocycles. The number of fused-ring (bicyclic) bond motifs is 3. The van der Waals surface area contributed by atoms with Crippen molar-refractivity contribution in [2.75, 3.05) is 6.54 Å². The predicted molar refractivity (Wildman–Crippen MR) is 143 cm³/mol. The molecule has 8 heteroatoms. The number of amides is 1. The van der Waals surface area contributed by atoms with E-state index in [1.165, 1.54) is 0 Å². The van der Waals surface area contributed by atoms with Gasteiger partial charge in [0, 0.05) is 23.2 Å². The number of H-pyrrole nitrogens is 1. The number of alkyl halides is 2. The highest BCUT2D eigenvalue weighted by atomic mass is 19.3. The minimum absolute atomic E-state index is 0.00988. The van der Waals surface area contributed by atoms with E-state index >= 15 is 8.78 Å². The molecule has 1 saturated heterocycles. The summed E-state index contributed by atoms with van der Waals surface area (Å²) >= 11 is 0. The lowest BCUT2D eigenvalue weighted by Gasteiger charge is -2.22. The normalized spacial score (nSPS) is 19.8. The zero-order valence-corrected chi connectivity index (χ0v) is 21.0. The number of halogens is 2. The second kappa shape index (κ2) is 8.28. The van der Waals surface area contributed by atoms with Gasteiger partial charge < -0.3 is 9.72 Å². The maximum absolute atomic E-state index is 15.4. The van der Waals surface area contributed by atoms with E-state index in [9.17, 15) is 4.79 Å². The summed E-state index contributed by atoms with van der Waals surface area (Å²) in [6.07, 6.45) is 4.30. The number of aromatic nitrogens is 2. The molecular formula is C30H26BF2N3O2. The minimum atomic E-state index is -3.06. The SMILES string of the molecule is Bc1ccc2c(c1)C(F)(F)c1cc(-c3cnc([C@@H]4CC5(CC5)CN4C(=O)OCc4ccccc4)[nH]3)ccc1-2. The summed E-state index contributed by atoms with van der Waals surface area (Å²) < 4.78 is 36.5. The summed E-state index contributed by atoms with van der Waals surface area (Å²) in [7, 11) is 1.83. The number of nitrogens with zero attached hydrogens (tertiary/aromatic N) is 2. The lowest BCUT2D eigenvalue weighted by molar-refractivity contribution is 0.0481. The lowest BCUT2D eigenvalue weighted by atomic mass is 9.91. The molecule has 0 radical (unpaired) electrons. The predicted octanol–water partition coefficient (Wildman–Crippen LogP) is 5.32. The number of hydrogen-bond acceptors (Lipinski definition) is 3. The van der Waals surface area contributed by atoms with Crippen LogP contribution < -0.4 is 5.46 Å². The van der Waals surface area contributed by atoms with E-state index < -0.39 is 5.92 Å². The molecule has 3 aliphatic rings. The highest BCUT2D eigenvalue weighted by Crippen LogP contribution is 2.58. The Morgan fingerprint density at radius 3 is 2.55 bits per heavy atom. The molecule has 190 valence electrons. The molecule has 1 N–H and O–H groups in total. The number of carbonyl (C=O) groups excluding carboxylic acids is 1. The third-order valence-corrected chi connectivity index (χ3v) is 8.29. The van der Waals surface area contributed by atoms with E-state index in [0.29, 0.717) is 34.8 Å². The van der Waals surface area contributed by atoms with Gasteiger partial charge in [0.2, 0.25) is 0 Å². The molecular weight excluding hydrogens is 483 g/mol. The summed E-state index contributed by atoms with van der Waals surface area (Å²) in [5.41, 5.74) is 4.38. The lowest BCUT2D eigenvalue weighted by Crippen LogP contribution is -2.32. The first-order chi connectivity index (χ1) is 18.3. The van der Waals surface area contributed by atoms with Crippen molar-refractivity contribution in [3.8, 4) is 22.4 Å². The Bertz CT molecular complexity index is 1560. The minimum Gasteiger partial charge on any atom is -0.445 e. The number of benzene rings is 3. The first-order valence-electron chi connectivity index (χ1n) is 13.0. The summed E-state index contributed by atoms with van der Waals surface area (Å²) in [5.74, 6) is -2.40. The number of rotatable bonds is 4. The maximum atomic E-state index is 15.4. The summed E-state index contributed by atoms with van der Waals surface area (Å²) in [6, 6.07) is 19.8. The van der Waals surface area contributed by atoms with Crippen molar-refractivity contribution in [2.24, 2.45) is 5.41 Å². The van der Waals surface area contributed by atoms with Crippen molar-refractivity contribution < 1.29 is 18.3 Å². The second-order valence-corrected chi connectivity index (χ2v) is 11.0. The average molecular weight is 509 g/mol. The van der Waals surface area contributed by atoms with Crippen molar-refractivity contribution in [3.63, 3.8) is 0 Å². The van der Waals surface area contributed by atoms with Crippen LogP contribution in [0.4, 0.5) is 13.6 Å². The third kappa shape index (κ3) is 3.73. The molecule has 4 aromatic rings. The monoisotopic (exact) mass is 509 g/mol. The fraction of sp³-hybridized carbons (Fsp3) is 0.267. The largest absolute Gasteiger partial charge is 0.445 e. The summed E-state index contributed by atoms with van der Waals surface area (Å²) in [5, 5.41) is 0. The van der Waals surface area contributed by atoms with Crippen molar-refractivity contribution >= 4 is 19.4 Å². The average Bonchev–Trinajstić information content (AvgIpc) is 3.24. The fourth-order valence-corrected chi connectivity index (χ4v) is 5.99. The Morgan fingerprint density at radius 1 is 1.05 bits per heavy atom. The zero-order chi connectivity index (χ0) is 26.1. The summed E-state index contributed by atoms with van der Waals surface area (Å²) in [4.78, 5) is 22.8. The van der Waals surface area contributed by atoms with Gasteiger partial charge in [-0.15, -0.1) is 0 Å². The Balaban J connectivity index is 1.15. The quantitative estimate of drug-likeness (QED) is 0.379. The van der Waals surface area contributed by atoms with Crippen LogP contribution in [-0.2, 0) is 17.3 Å². The molecule has 1 spiro atoms. The molecule has 0 bridgehead atoms. The molecule has 0 unspecified atom stereocenters. The van der Waals surface area contributed by atoms with E-state index in [0.717, 1.165) is 30.3 Å². The van der Waals surface area contributed by atoms with Gasteiger partial charge in [-0.05, 0) is 47.4 Å². The molecule has 1 atom stereocenters. The second-order valence-electron chi connectivity index (χ2n) is 11.0. The first kappa shape index (κ1) is 23.2. The number of imidazole rings is 1. The molecule has 1 saturated carbocycles. The third-order valence-electron chi connectivity index (χ3n) is 8.29. The van der Waals surface area contributed by atoms with Crippen LogP contribution in [-0.4, -0.2) is 35.4 Å². The molecule has 2 heterocycles. The Morgan fingerprint density at radius 2 is 1.79 bits per heavy atom. The van der Waals surface area contributed by atoms with Gasteiger partial charge in [-0.2, -0.15) is 8.78 Å². The molecule has 2 fully saturated rings. The van der Waals surface area contributed by atoms with Crippen LogP contribution in [0.15, 0.2) is 72.9 Å². The number of aromatic amines is 1. The van der Waals surface area contributed by atoms with Gasteiger partial charge in [0.1, 0.15) is 20.3 Å². The number of ether oxygens (including phenoxy) is 1. The van der Waals surface area contributed by atoms with E-state index in [-0.39, 0.29) is 35.3 Å². The van der Waals surface area contributed by atoms with Gasteiger partial charge in [-0.25, -0.2) is 9.78 Å². The molecule has 3 aromatic carbocycles. The van der Waals surface area contributed by atoms with Crippen LogP contribution in [0.2, 0.25) is 0 Å². The van der Waals surface area contributed by atoms with E-state index in [2.05, 4.69) is 9.97 Å². The zero-order valence-electron chi connectivity index (χ0n) is 21.0. The van der Waals surface area contributed by atoms with Crippen LogP contribution in [0.3, 0.4) is 0 Å². The maximum Gasteiger partial charge on any atom is 0.410 e. The molecule has 1 amide bonds. The molecule has 5 nitrogen and oxygen atoms in total. The van der Waals surface area contributed by atoms with Crippen molar-refractivity contribution in [3.05, 3.63) is 95.4 Å². The fourth-order valence-electron chi connectivity index (χ4n) is 5.99. The summed E-state index contributed by atoms with van der Waals surface area (Å²) in [6.45, 7) is 0.856. The first-order valence-corrected chi connectivity index (χ1v) is 13.0. The van der Waals surface area contributed by atoms with Crippen LogP contribution in [0, 0.1) is 5.41 Å². The highest BCUT2D eigenvalue weighted by molar-refractivity contribution is 6.32. The van der Waals surface area contributed by atoms with Crippen LogP contribution in [0.5, 0.6) is 0 Å². The van der Waals surface area contributed by atoms with Crippen molar-refractivity contribution in [1.29, 1.82) is 0 Å². The van der Waals surface area contributed by atoms with Crippen LogP contribution in [0.1, 0.15) is 47.8 Å². The van der Waals surface area contributed by atoms with E-state index in [1.807, 2.05) is 50.3 Å². The Hall–Kier alpha value is -3.94. The number of nitrogens with one attached hydrogen (secondary N) is 1. The van der Waals surface area contributed by atoms with E-state index in [1.54, 1.807) is 35.4 Å². The molecule has 2 aliphatic carbocycles. The van der Waals surface area contributed by atoms with Gasteiger partial charge in [0.05, 0.1) is 17.9 Å². The topological polar surface area (TPSA) is 58.2 Å². The smallest absolute Gasteiger partial charge is 0.410 e. The standard InChI is InChI=1S/C30H26BF2N3O2/c31-20-7-9-22-21-8-6-19(12-23(21)30(32,33)24(22)13-20)25-15-34-27(35-25)26-14-29(10-11-29)17-36(26)28(37)38-16-18-4-2-1-3-5-18/h1-9,12-13,15,26H,10-11,14,16-17,31H2,(H,34,35)/t26-/m0/s1. The number of hydrogen-bond donors (Lipinski definition) is 1. The number of likely N-dealkylation sites (tertiary alicyclic amines) is 1.